The maximum Gasteiger partial charge on any atom is 0.255 e. The van der Waals surface area contributed by atoms with Gasteiger partial charge in [0, 0.05) is 17.5 Å². The first-order valence-corrected chi connectivity index (χ1v) is 6.63. The molecule has 2 heterocycles. The molecule has 104 valence electrons. The highest BCUT2D eigenvalue weighted by Gasteiger charge is 2.33. The van der Waals surface area contributed by atoms with Gasteiger partial charge in [-0.25, -0.2) is 0 Å². The van der Waals surface area contributed by atoms with Crippen LogP contribution in [0.2, 0.25) is 0 Å². The summed E-state index contributed by atoms with van der Waals surface area (Å²) >= 11 is 0. The molecule has 0 spiro atoms. The Morgan fingerprint density at radius 1 is 1.40 bits per heavy atom. The van der Waals surface area contributed by atoms with Gasteiger partial charge in [0.15, 0.2) is 0 Å². The molecule has 1 amide bonds. The number of H-pyrrole nitrogens is 1. The average Bonchev–Trinajstić information content (AvgIpc) is 2.93. The lowest BCUT2D eigenvalue weighted by Crippen LogP contribution is -2.48. The molecule has 5 nitrogen and oxygen atoms in total. The van der Waals surface area contributed by atoms with Gasteiger partial charge < -0.3 is 10.1 Å². The summed E-state index contributed by atoms with van der Waals surface area (Å²) in [5.74, 6) is -0.106. The van der Waals surface area contributed by atoms with Crippen LogP contribution in [-0.2, 0) is 4.74 Å². The summed E-state index contributed by atoms with van der Waals surface area (Å²) in [5, 5.41) is 9.84. The topological polar surface area (TPSA) is 67.0 Å². The van der Waals surface area contributed by atoms with E-state index in [9.17, 15) is 4.79 Å². The Balaban J connectivity index is 1.74. The number of ether oxygens (including phenoxy) is 1. The molecule has 1 aromatic carbocycles. The molecule has 20 heavy (non-hydrogen) atoms. The van der Waals surface area contributed by atoms with Crippen molar-refractivity contribution in [3.8, 4) is 11.3 Å². The maximum absolute atomic E-state index is 12.3. The van der Waals surface area contributed by atoms with E-state index in [4.69, 9.17) is 4.74 Å². The highest BCUT2D eigenvalue weighted by molar-refractivity contribution is 5.99. The van der Waals surface area contributed by atoms with Crippen LogP contribution < -0.4 is 5.32 Å². The number of amides is 1. The minimum Gasteiger partial charge on any atom is -0.380 e. The molecule has 2 N–H and O–H groups in total. The number of nitrogens with one attached hydrogen (secondary N) is 2. The summed E-state index contributed by atoms with van der Waals surface area (Å²) < 4.78 is 5.18. The van der Waals surface area contributed by atoms with Gasteiger partial charge >= 0.3 is 0 Å². The number of aromatic amines is 1. The van der Waals surface area contributed by atoms with Gasteiger partial charge in [0.2, 0.25) is 0 Å². The summed E-state index contributed by atoms with van der Waals surface area (Å²) in [6, 6.07) is 9.71. The van der Waals surface area contributed by atoms with Crippen molar-refractivity contribution in [2.45, 2.75) is 6.92 Å². The van der Waals surface area contributed by atoms with Crippen molar-refractivity contribution in [2.24, 2.45) is 5.41 Å². The molecule has 0 unspecified atom stereocenters. The van der Waals surface area contributed by atoms with E-state index in [1.54, 1.807) is 6.20 Å². The van der Waals surface area contributed by atoms with Crippen LogP contribution in [0, 0.1) is 5.41 Å². The van der Waals surface area contributed by atoms with Crippen molar-refractivity contribution < 1.29 is 9.53 Å². The van der Waals surface area contributed by atoms with E-state index < -0.39 is 0 Å². The normalized spacial score (nSPS) is 16.4. The van der Waals surface area contributed by atoms with Crippen molar-refractivity contribution in [3.63, 3.8) is 0 Å². The molecule has 1 aliphatic rings. The van der Waals surface area contributed by atoms with Gasteiger partial charge in [-0.15, -0.1) is 0 Å². The first-order valence-electron chi connectivity index (χ1n) is 6.63. The molecule has 0 radical (unpaired) electrons. The van der Waals surface area contributed by atoms with Crippen LogP contribution in [0.1, 0.15) is 17.3 Å². The first-order chi connectivity index (χ1) is 9.68. The zero-order valence-corrected chi connectivity index (χ0v) is 11.3. The lowest BCUT2D eigenvalue weighted by molar-refractivity contribution is -0.0978. The molecule has 5 heteroatoms. The highest BCUT2D eigenvalue weighted by atomic mass is 16.5. The molecule has 2 aromatic rings. The number of carbonyl (C=O) groups excluding carboxylic acids is 1. The predicted octanol–water partition coefficient (Wildman–Crippen LogP) is 1.84. The second kappa shape index (κ2) is 5.09. The Bertz CT molecular complexity index is 603. The van der Waals surface area contributed by atoms with E-state index in [1.807, 2.05) is 30.3 Å². The van der Waals surface area contributed by atoms with E-state index in [1.165, 1.54) is 0 Å². The number of rotatable bonds is 4. The quantitative estimate of drug-likeness (QED) is 0.891. The fraction of sp³-hybridized carbons (Fsp3) is 0.333. The number of aromatic nitrogens is 2. The minimum absolute atomic E-state index is 0.0618. The van der Waals surface area contributed by atoms with Crippen LogP contribution in [0.3, 0.4) is 0 Å². The van der Waals surface area contributed by atoms with Crippen molar-refractivity contribution >= 4 is 5.91 Å². The smallest absolute Gasteiger partial charge is 0.255 e. The van der Waals surface area contributed by atoms with Crippen molar-refractivity contribution in [1.29, 1.82) is 0 Å². The van der Waals surface area contributed by atoms with Gasteiger partial charge in [-0.1, -0.05) is 37.3 Å². The summed E-state index contributed by atoms with van der Waals surface area (Å²) in [5.41, 5.74) is 2.33. The van der Waals surface area contributed by atoms with Gasteiger partial charge in [0.05, 0.1) is 30.7 Å². The van der Waals surface area contributed by atoms with E-state index >= 15 is 0 Å². The zero-order valence-electron chi connectivity index (χ0n) is 11.3. The van der Waals surface area contributed by atoms with Crippen LogP contribution in [-0.4, -0.2) is 35.9 Å². The minimum atomic E-state index is -0.106. The van der Waals surface area contributed by atoms with E-state index in [0.29, 0.717) is 25.3 Å². The van der Waals surface area contributed by atoms with E-state index in [-0.39, 0.29) is 11.3 Å². The summed E-state index contributed by atoms with van der Waals surface area (Å²) in [6.45, 7) is 4.11. The van der Waals surface area contributed by atoms with Gasteiger partial charge in [-0.3, -0.25) is 9.89 Å². The van der Waals surface area contributed by atoms with Crippen molar-refractivity contribution in [2.75, 3.05) is 19.8 Å². The molecule has 1 fully saturated rings. The molecule has 1 aromatic heterocycles. The number of nitrogens with zero attached hydrogens (tertiary/aromatic N) is 1. The van der Waals surface area contributed by atoms with Crippen LogP contribution in [0.25, 0.3) is 11.3 Å². The lowest BCUT2D eigenvalue weighted by atomic mass is 9.88. The Morgan fingerprint density at radius 3 is 2.80 bits per heavy atom. The number of carbonyl (C=O) groups is 1. The molecule has 3 rings (SSSR count). The third-order valence-corrected chi connectivity index (χ3v) is 3.52. The molecular weight excluding hydrogens is 254 g/mol. The van der Waals surface area contributed by atoms with E-state index in [0.717, 1.165) is 11.3 Å². The number of hydrogen-bond acceptors (Lipinski definition) is 3. The second-order valence-corrected chi connectivity index (χ2v) is 5.51. The monoisotopic (exact) mass is 271 g/mol. The average molecular weight is 271 g/mol. The fourth-order valence-electron chi connectivity index (χ4n) is 2.22. The molecular formula is C15H17N3O2. The van der Waals surface area contributed by atoms with Gasteiger partial charge in [0.25, 0.3) is 5.91 Å². The standard InChI is InChI=1S/C15H17N3O2/c1-15(9-20-10-15)8-16-14(19)12-7-17-18-13(12)11-5-3-2-4-6-11/h2-7H,8-10H2,1H3,(H,16,19)(H,17,18). The van der Waals surface area contributed by atoms with Crippen molar-refractivity contribution in [3.05, 3.63) is 42.1 Å². The van der Waals surface area contributed by atoms with Gasteiger partial charge in [-0.05, 0) is 0 Å². The summed E-state index contributed by atoms with van der Waals surface area (Å²) in [6.07, 6.45) is 1.57. The highest BCUT2D eigenvalue weighted by Crippen LogP contribution is 2.26. The molecule has 0 atom stereocenters. The Labute approximate surface area is 117 Å². The maximum atomic E-state index is 12.3. The molecule has 0 bridgehead atoms. The molecule has 1 aliphatic heterocycles. The van der Waals surface area contributed by atoms with Crippen molar-refractivity contribution in [1.82, 2.24) is 15.5 Å². The second-order valence-electron chi connectivity index (χ2n) is 5.51. The van der Waals surface area contributed by atoms with Gasteiger partial charge in [0.1, 0.15) is 0 Å². The molecule has 1 saturated heterocycles. The Hall–Kier alpha value is -2.14. The molecule has 0 aliphatic carbocycles. The Morgan fingerprint density at radius 2 is 2.15 bits per heavy atom. The third-order valence-electron chi connectivity index (χ3n) is 3.52. The third kappa shape index (κ3) is 2.44. The van der Waals surface area contributed by atoms with Crippen LogP contribution in [0.15, 0.2) is 36.5 Å². The van der Waals surface area contributed by atoms with Gasteiger partial charge in [-0.2, -0.15) is 5.10 Å². The lowest BCUT2D eigenvalue weighted by Gasteiger charge is -2.37. The summed E-state index contributed by atoms with van der Waals surface area (Å²) in [7, 11) is 0. The van der Waals surface area contributed by atoms with Crippen LogP contribution in [0.5, 0.6) is 0 Å². The number of benzene rings is 1. The summed E-state index contributed by atoms with van der Waals surface area (Å²) in [4.78, 5) is 12.3. The first kappa shape index (κ1) is 12.9. The van der Waals surface area contributed by atoms with E-state index in [2.05, 4.69) is 22.4 Å². The largest absolute Gasteiger partial charge is 0.380 e. The zero-order chi connectivity index (χ0) is 14.0. The number of hydrogen-bond donors (Lipinski definition) is 2. The molecule has 0 saturated carbocycles. The van der Waals surface area contributed by atoms with Crippen LogP contribution >= 0.6 is 0 Å². The SMILES string of the molecule is CC1(CNC(=O)c2cn[nH]c2-c2ccccc2)COC1. The fourth-order valence-corrected chi connectivity index (χ4v) is 2.22. The predicted molar refractivity (Wildman–Crippen MR) is 75.3 cm³/mol. The Kier molecular flexibility index (Phi) is 3.28. The van der Waals surface area contributed by atoms with Crippen LogP contribution in [0.4, 0.5) is 0 Å².